The lowest BCUT2D eigenvalue weighted by Crippen LogP contribution is -2.30. The van der Waals surface area contributed by atoms with Crippen molar-refractivity contribution in [3.8, 4) is 0 Å². The molecule has 0 amide bonds. The van der Waals surface area contributed by atoms with Crippen LogP contribution < -0.4 is 5.56 Å². The van der Waals surface area contributed by atoms with Crippen LogP contribution >= 0.6 is 0 Å². The minimum atomic E-state index is -0.202. The Hall–Kier alpha value is -2.86. The normalized spacial score (nSPS) is 15.1. The maximum Gasteiger partial charge on any atom is 0.260 e. The van der Waals surface area contributed by atoms with E-state index in [2.05, 4.69) is 25.9 Å². The summed E-state index contributed by atoms with van der Waals surface area (Å²) in [6, 6.07) is 10.2. The van der Waals surface area contributed by atoms with Crippen LogP contribution in [0.25, 0.3) is 16.6 Å². The first-order chi connectivity index (χ1) is 13.2. The molecule has 0 fully saturated rings. The van der Waals surface area contributed by atoms with Gasteiger partial charge in [-0.05, 0) is 54.8 Å². The average Bonchev–Trinajstić information content (AvgIpc) is 2.69. The van der Waals surface area contributed by atoms with Gasteiger partial charge in [-0.3, -0.25) is 9.69 Å². The van der Waals surface area contributed by atoms with E-state index in [-0.39, 0.29) is 11.4 Å². The molecule has 1 aliphatic rings. The summed E-state index contributed by atoms with van der Waals surface area (Å²) in [5, 5.41) is 0.524. The minimum Gasteiger partial charge on any atom is -0.310 e. The summed E-state index contributed by atoms with van der Waals surface area (Å²) in [6.45, 7) is 2.81. The third-order valence-electron chi connectivity index (χ3n) is 4.93. The predicted octanol–water partition coefficient (Wildman–Crippen LogP) is 3.18. The Bertz CT molecular complexity index is 1030. The van der Waals surface area contributed by atoms with Gasteiger partial charge in [0.2, 0.25) is 0 Å². The highest BCUT2D eigenvalue weighted by atomic mass is 19.1. The average molecular weight is 364 g/mol. The van der Waals surface area contributed by atoms with E-state index in [0.29, 0.717) is 23.3 Å². The van der Waals surface area contributed by atoms with Crippen molar-refractivity contribution < 1.29 is 4.39 Å². The van der Waals surface area contributed by atoms with E-state index in [1.165, 1.54) is 17.7 Å². The Morgan fingerprint density at radius 2 is 2.04 bits per heavy atom. The van der Waals surface area contributed by atoms with Gasteiger partial charge in [-0.1, -0.05) is 18.2 Å². The first-order valence-corrected chi connectivity index (χ1v) is 9.20. The molecule has 0 spiro atoms. The number of H-pyrrole nitrogens is 1. The zero-order valence-electron chi connectivity index (χ0n) is 15.0. The van der Waals surface area contributed by atoms with E-state index in [9.17, 15) is 9.18 Å². The number of benzene rings is 1. The quantitative estimate of drug-likeness (QED) is 0.755. The van der Waals surface area contributed by atoms with E-state index in [1.54, 1.807) is 18.3 Å². The first kappa shape index (κ1) is 17.5. The van der Waals surface area contributed by atoms with Gasteiger partial charge in [-0.15, -0.1) is 0 Å². The molecule has 1 aliphatic heterocycles. The maximum absolute atomic E-state index is 13.0. The molecule has 0 bridgehead atoms. The van der Waals surface area contributed by atoms with Crippen molar-refractivity contribution >= 4 is 16.6 Å². The fraction of sp³-hybridized carbons (Fsp3) is 0.286. The van der Waals surface area contributed by atoms with Crippen LogP contribution in [0.3, 0.4) is 0 Å². The second-order valence-corrected chi connectivity index (χ2v) is 6.78. The molecule has 138 valence electrons. The standard InChI is InChI=1S/C21H21FN4O/c22-17-7-5-15(6-8-17)16-9-13-26(14-10-16)12-2-4-19-24-20-18(21(27)25-19)3-1-11-23-20/h1,3,5-9,11H,2,4,10,12-14H2,(H,23,24,25,27). The summed E-state index contributed by atoms with van der Waals surface area (Å²) < 4.78 is 13.0. The largest absolute Gasteiger partial charge is 0.310 e. The number of rotatable bonds is 5. The highest BCUT2D eigenvalue weighted by Crippen LogP contribution is 2.22. The van der Waals surface area contributed by atoms with E-state index in [4.69, 9.17) is 0 Å². The lowest BCUT2D eigenvalue weighted by molar-refractivity contribution is 0.297. The number of pyridine rings is 1. The van der Waals surface area contributed by atoms with Gasteiger partial charge >= 0.3 is 0 Å². The number of hydrogen-bond donors (Lipinski definition) is 1. The van der Waals surface area contributed by atoms with Crippen molar-refractivity contribution in [3.63, 3.8) is 0 Å². The SMILES string of the molecule is O=c1[nH]c(CCCN2CC=C(c3ccc(F)cc3)CC2)nc2ncccc12. The van der Waals surface area contributed by atoms with Gasteiger partial charge in [0.05, 0.1) is 5.39 Å². The van der Waals surface area contributed by atoms with Crippen molar-refractivity contribution in [3.05, 3.63) is 76.2 Å². The van der Waals surface area contributed by atoms with Gasteiger partial charge in [-0.25, -0.2) is 14.4 Å². The Labute approximate surface area is 156 Å². The lowest BCUT2D eigenvalue weighted by Gasteiger charge is -2.26. The van der Waals surface area contributed by atoms with E-state index in [1.807, 2.05) is 12.1 Å². The molecule has 1 aromatic carbocycles. The number of nitrogens with zero attached hydrogens (tertiary/aromatic N) is 3. The maximum atomic E-state index is 13.0. The lowest BCUT2D eigenvalue weighted by atomic mass is 9.99. The molecule has 1 N–H and O–H groups in total. The summed E-state index contributed by atoms with van der Waals surface area (Å²) in [6.07, 6.45) is 6.46. The van der Waals surface area contributed by atoms with Gasteiger partial charge < -0.3 is 4.98 Å². The van der Waals surface area contributed by atoms with E-state index in [0.717, 1.165) is 38.0 Å². The fourth-order valence-electron chi connectivity index (χ4n) is 3.45. The van der Waals surface area contributed by atoms with Crippen molar-refractivity contribution in [2.75, 3.05) is 19.6 Å². The molecule has 0 saturated heterocycles. The first-order valence-electron chi connectivity index (χ1n) is 9.20. The van der Waals surface area contributed by atoms with Crippen molar-refractivity contribution in [2.45, 2.75) is 19.3 Å². The molecule has 4 rings (SSSR count). The smallest absolute Gasteiger partial charge is 0.260 e. The zero-order chi connectivity index (χ0) is 18.6. The van der Waals surface area contributed by atoms with Gasteiger partial charge in [0.25, 0.3) is 5.56 Å². The number of nitrogens with one attached hydrogen (secondary N) is 1. The number of aryl methyl sites for hydroxylation is 1. The van der Waals surface area contributed by atoms with Crippen molar-refractivity contribution in [2.24, 2.45) is 0 Å². The summed E-state index contributed by atoms with van der Waals surface area (Å²) in [7, 11) is 0. The van der Waals surface area contributed by atoms with Gasteiger partial charge in [0.15, 0.2) is 5.65 Å². The number of aromatic nitrogens is 3. The molecular formula is C21H21FN4O. The van der Waals surface area contributed by atoms with Crippen LogP contribution in [-0.4, -0.2) is 39.5 Å². The number of aromatic amines is 1. The summed E-state index contributed by atoms with van der Waals surface area (Å²) in [5.74, 6) is 0.484. The van der Waals surface area contributed by atoms with E-state index >= 15 is 0 Å². The molecule has 27 heavy (non-hydrogen) atoms. The number of fused-ring (bicyclic) bond motifs is 1. The molecule has 0 aliphatic carbocycles. The molecule has 0 atom stereocenters. The van der Waals surface area contributed by atoms with Gasteiger partial charge in [0.1, 0.15) is 11.6 Å². The summed E-state index contributed by atoms with van der Waals surface area (Å²) >= 11 is 0. The van der Waals surface area contributed by atoms with Crippen molar-refractivity contribution in [1.29, 1.82) is 0 Å². The third kappa shape index (κ3) is 4.11. The molecule has 3 aromatic rings. The highest BCUT2D eigenvalue weighted by Gasteiger charge is 2.13. The monoisotopic (exact) mass is 364 g/mol. The highest BCUT2D eigenvalue weighted by molar-refractivity contribution is 5.72. The second-order valence-electron chi connectivity index (χ2n) is 6.78. The van der Waals surface area contributed by atoms with Crippen molar-refractivity contribution in [1.82, 2.24) is 19.9 Å². The van der Waals surface area contributed by atoms with E-state index < -0.39 is 0 Å². The Kier molecular flexibility index (Phi) is 5.07. The van der Waals surface area contributed by atoms with Crippen LogP contribution in [0.2, 0.25) is 0 Å². The van der Waals surface area contributed by atoms with Crippen LogP contribution in [0, 0.1) is 5.82 Å². The van der Waals surface area contributed by atoms with Crippen LogP contribution in [0.1, 0.15) is 24.2 Å². The van der Waals surface area contributed by atoms with Gasteiger partial charge in [-0.2, -0.15) is 0 Å². The van der Waals surface area contributed by atoms with Crippen LogP contribution in [0.5, 0.6) is 0 Å². The Balaban J connectivity index is 1.33. The molecule has 0 radical (unpaired) electrons. The fourth-order valence-corrected chi connectivity index (χ4v) is 3.45. The van der Waals surface area contributed by atoms with Crippen LogP contribution in [0.15, 0.2) is 53.5 Å². The molecule has 0 saturated carbocycles. The number of hydrogen-bond acceptors (Lipinski definition) is 4. The molecule has 5 nitrogen and oxygen atoms in total. The molecule has 6 heteroatoms. The van der Waals surface area contributed by atoms with Crippen LogP contribution in [-0.2, 0) is 6.42 Å². The third-order valence-corrected chi connectivity index (χ3v) is 4.93. The predicted molar refractivity (Wildman–Crippen MR) is 104 cm³/mol. The molecule has 2 aromatic heterocycles. The number of halogens is 1. The topological polar surface area (TPSA) is 61.9 Å². The minimum absolute atomic E-state index is 0.132. The molecule has 3 heterocycles. The van der Waals surface area contributed by atoms with Crippen LogP contribution in [0.4, 0.5) is 4.39 Å². The second kappa shape index (κ2) is 7.80. The Morgan fingerprint density at radius 1 is 1.19 bits per heavy atom. The summed E-state index contributed by atoms with van der Waals surface area (Å²) in [5.41, 5.74) is 2.74. The zero-order valence-corrected chi connectivity index (χ0v) is 15.0. The van der Waals surface area contributed by atoms with Gasteiger partial charge in [0, 0.05) is 25.7 Å². The Morgan fingerprint density at radius 3 is 2.81 bits per heavy atom. The molecule has 0 unspecified atom stereocenters. The molecular weight excluding hydrogens is 343 g/mol. The summed E-state index contributed by atoms with van der Waals surface area (Å²) in [4.78, 5) is 25.9.